The van der Waals surface area contributed by atoms with Crippen molar-refractivity contribution in [2.24, 2.45) is 5.92 Å². The fourth-order valence-electron chi connectivity index (χ4n) is 2.64. The highest BCUT2D eigenvalue weighted by Crippen LogP contribution is 2.24. The maximum atomic E-state index is 11.0. The minimum atomic E-state index is -0.686. The zero-order valence-electron chi connectivity index (χ0n) is 11.5. The summed E-state index contributed by atoms with van der Waals surface area (Å²) in [5.41, 5.74) is 1.18. The van der Waals surface area contributed by atoms with Crippen molar-refractivity contribution in [2.75, 3.05) is 19.7 Å². The lowest BCUT2D eigenvalue weighted by Gasteiger charge is -2.22. The second-order valence-corrected chi connectivity index (χ2v) is 5.17. The Balaban J connectivity index is 1.79. The first-order valence-corrected chi connectivity index (χ1v) is 6.74. The average molecular weight is 263 g/mol. The fraction of sp³-hybridized carbons (Fsp3) is 0.533. The monoisotopic (exact) mass is 263 g/mol. The van der Waals surface area contributed by atoms with Crippen LogP contribution in [0.1, 0.15) is 18.9 Å². The van der Waals surface area contributed by atoms with Crippen LogP contribution in [0.15, 0.2) is 24.3 Å². The van der Waals surface area contributed by atoms with Gasteiger partial charge in [-0.3, -0.25) is 9.69 Å². The van der Waals surface area contributed by atoms with Gasteiger partial charge in [-0.15, -0.1) is 0 Å². The molecular weight excluding hydrogens is 242 g/mol. The van der Waals surface area contributed by atoms with E-state index in [1.165, 1.54) is 5.56 Å². The van der Waals surface area contributed by atoms with E-state index in [-0.39, 0.29) is 12.0 Å². The van der Waals surface area contributed by atoms with E-state index in [4.69, 9.17) is 9.84 Å². The summed E-state index contributed by atoms with van der Waals surface area (Å²) >= 11 is 0. The molecule has 0 amide bonds. The van der Waals surface area contributed by atoms with Crippen molar-refractivity contribution in [3.63, 3.8) is 0 Å². The van der Waals surface area contributed by atoms with Gasteiger partial charge in [-0.05, 0) is 44.5 Å². The molecule has 0 aliphatic carbocycles. The highest BCUT2D eigenvalue weighted by Gasteiger charge is 2.35. The molecular formula is C15H21NO3. The second-order valence-electron chi connectivity index (χ2n) is 5.17. The Morgan fingerprint density at radius 2 is 2.32 bits per heavy atom. The molecule has 1 aliphatic rings. The Kier molecular flexibility index (Phi) is 4.43. The molecule has 0 saturated carbocycles. The maximum absolute atomic E-state index is 11.0. The van der Waals surface area contributed by atoms with Crippen molar-refractivity contribution < 1.29 is 14.6 Å². The number of ether oxygens (including phenoxy) is 1. The van der Waals surface area contributed by atoms with Crippen LogP contribution in [0, 0.1) is 12.8 Å². The summed E-state index contributed by atoms with van der Waals surface area (Å²) in [5, 5.41) is 9.08. The summed E-state index contributed by atoms with van der Waals surface area (Å²) in [5.74, 6) is -0.0461. The van der Waals surface area contributed by atoms with Crippen LogP contribution in [0.3, 0.4) is 0 Å². The van der Waals surface area contributed by atoms with Crippen LogP contribution in [0.2, 0.25) is 0 Å². The number of rotatable bonds is 5. The molecule has 1 aromatic carbocycles. The Morgan fingerprint density at radius 1 is 1.53 bits per heavy atom. The van der Waals surface area contributed by atoms with E-state index < -0.39 is 5.97 Å². The Morgan fingerprint density at radius 3 is 2.95 bits per heavy atom. The van der Waals surface area contributed by atoms with E-state index in [1.807, 2.05) is 38.1 Å². The Labute approximate surface area is 114 Å². The normalized spacial score (nSPS) is 23.5. The topological polar surface area (TPSA) is 49.8 Å². The first-order chi connectivity index (χ1) is 9.08. The number of hydrogen-bond acceptors (Lipinski definition) is 3. The average Bonchev–Trinajstić information content (AvgIpc) is 2.71. The molecule has 4 nitrogen and oxygen atoms in total. The van der Waals surface area contributed by atoms with Gasteiger partial charge in [-0.2, -0.15) is 0 Å². The van der Waals surface area contributed by atoms with Crippen LogP contribution >= 0.6 is 0 Å². The number of hydrogen-bond donors (Lipinski definition) is 1. The predicted octanol–water partition coefficient (Wildman–Crippen LogP) is 2.17. The minimum Gasteiger partial charge on any atom is -0.492 e. The van der Waals surface area contributed by atoms with E-state index in [1.54, 1.807) is 0 Å². The van der Waals surface area contributed by atoms with Gasteiger partial charge in [0.1, 0.15) is 12.4 Å². The van der Waals surface area contributed by atoms with Crippen LogP contribution in [-0.2, 0) is 4.79 Å². The number of carboxylic acids is 1. The van der Waals surface area contributed by atoms with Crippen molar-refractivity contribution in [3.05, 3.63) is 29.8 Å². The summed E-state index contributed by atoms with van der Waals surface area (Å²) in [6.45, 7) is 6.24. The predicted molar refractivity (Wildman–Crippen MR) is 73.5 cm³/mol. The van der Waals surface area contributed by atoms with Gasteiger partial charge in [-0.1, -0.05) is 12.1 Å². The van der Waals surface area contributed by atoms with Crippen LogP contribution in [0.4, 0.5) is 0 Å². The van der Waals surface area contributed by atoms with E-state index in [9.17, 15) is 4.79 Å². The molecule has 1 saturated heterocycles. The molecule has 19 heavy (non-hydrogen) atoms. The number of likely N-dealkylation sites (tertiary alicyclic amines) is 1. The van der Waals surface area contributed by atoms with Crippen molar-refractivity contribution in [3.8, 4) is 5.75 Å². The van der Waals surface area contributed by atoms with E-state index in [0.717, 1.165) is 25.3 Å². The zero-order valence-corrected chi connectivity index (χ0v) is 11.5. The second kappa shape index (κ2) is 6.06. The quantitative estimate of drug-likeness (QED) is 0.884. The Hall–Kier alpha value is -1.55. The van der Waals surface area contributed by atoms with E-state index in [2.05, 4.69) is 4.90 Å². The molecule has 1 heterocycles. The van der Waals surface area contributed by atoms with Crippen molar-refractivity contribution in [2.45, 2.75) is 26.3 Å². The summed E-state index contributed by atoms with van der Waals surface area (Å²) in [4.78, 5) is 13.2. The molecule has 0 radical (unpaired) electrons. The van der Waals surface area contributed by atoms with Crippen LogP contribution in [0.5, 0.6) is 5.75 Å². The van der Waals surface area contributed by atoms with Crippen LogP contribution in [-0.4, -0.2) is 41.7 Å². The van der Waals surface area contributed by atoms with Gasteiger partial charge in [0, 0.05) is 12.6 Å². The molecule has 1 aromatic rings. The van der Waals surface area contributed by atoms with Crippen molar-refractivity contribution in [1.29, 1.82) is 0 Å². The first kappa shape index (κ1) is 13.9. The lowest BCUT2D eigenvalue weighted by Crippen LogP contribution is -2.35. The molecule has 1 aliphatic heterocycles. The molecule has 2 unspecified atom stereocenters. The standard InChI is InChI=1S/C15H21NO3/c1-11-4-3-5-13(10-11)19-9-8-16-7-6-14(12(16)2)15(17)18/h3-5,10,12,14H,6-9H2,1-2H3,(H,17,18). The third-order valence-electron chi connectivity index (χ3n) is 3.84. The van der Waals surface area contributed by atoms with Crippen molar-refractivity contribution in [1.82, 2.24) is 4.90 Å². The van der Waals surface area contributed by atoms with E-state index in [0.29, 0.717) is 6.61 Å². The fourth-order valence-corrected chi connectivity index (χ4v) is 2.64. The molecule has 2 atom stereocenters. The van der Waals surface area contributed by atoms with Crippen LogP contribution < -0.4 is 4.74 Å². The SMILES string of the molecule is Cc1cccc(OCCN2CCC(C(=O)O)C2C)c1. The molecule has 104 valence electrons. The molecule has 0 bridgehead atoms. The number of nitrogens with zero attached hydrogens (tertiary/aromatic N) is 1. The molecule has 4 heteroatoms. The number of aliphatic carboxylic acids is 1. The number of carbonyl (C=O) groups is 1. The van der Waals surface area contributed by atoms with Gasteiger partial charge in [0.15, 0.2) is 0 Å². The van der Waals surface area contributed by atoms with Crippen LogP contribution in [0.25, 0.3) is 0 Å². The third-order valence-corrected chi connectivity index (χ3v) is 3.84. The summed E-state index contributed by atoms with van der Waals surface area (Å²) in [6, 6.07) is 8.06. The summed E-state index contributed by atoms with van der Waals surface area (Å²) in [6.07, 6.45) is 0.737. The number of benzene rings is 1. The highest BCUT2D eigenvalue weighted by molar-refractivity contribution is 5.71. The summed E-state index contributed by atoms with van der Waals surface area (Å²) < 4.78 is 5.70. The van der Waals surface area contributed by atoms with Gasteiger partial charge < -0.3 is 9.84 Å². The molecule has 0 aromatic heterocycles. The molecule has 1 fully saturated rings. The maximum Gasteiger partial charge on any atom is 0.308 e. The Bertz CT molecular complexity index is 447. The first-order valence-electron chi connectivity index (χ1n) is 6.74. The van der Waals surface area contributed by atoms with Crippen molar-refractivity contribution >= 4 is 5.97 Å². The minimum absolute atomic E-state index is 0.0959. The molecule has 0 spiro atoms. The van der Waals surface area contributed by atoms with Gasteiger partial charge in [0.25, 0.3) is 0 Å². The van der Waals surface area contributed by atoms with Gasteiger partial charge in [-0.25, -0.2) is 0 Å². The zero-order chi connectivity index (χ0) is 13.8. The number of aryl methyl sites for hydroxylation is 1. The largest absolute Gasteiger partial charge is 0.492 e. The number of carboxylic acid groups (broad SMARTS) is 1. The highest BCUT2D eigenvalue weighted by atomic mass is 16.5. The third kappa shape index (κ3) is 3.47. The molecule has 2 rings (SSSR count). The summed E-state index contributed by atoms with van der Waals surface area (Å²) in [7, 11) is 0. The lowest BCUT2D eigenvalue weighted by molar-refractivity contribution is -0.142. The van der Waals surface area contributed by atoms with E-state index >= 15 is 0 Å². The smallest absolute Gasteiger partial charge is 0.308 e. The lowest BCUT2D eigenvalue weighted by atomic mass is 10.0. The molecule has 1 N–H and O–H groups in total. The van der Waals surface area contributed by atoms with Gasteiger partial charge in [0.2, 0.25) is 0 Å². The van der Waals surface area contributed by atoms with Gasteiger partial charge in [0.05, 0.1) is 5.92 Å². The van der Waals surface area contributed by atoms with Gasteiger partial charge >= 0.3 is 5.97 Å².